The Hall–Kier alpha value is -2.91. The molecule has 0 aliphatic carbocycles. The van der Waals surface area contributed by atoms with Gasteiger partial charge in [0.25, 0.3) is 0 Å². The van der Waals surface area contributed by atoms with Crippen molar-refractivity contribution in [3.63, 3.8) is 0 Å². The van der Waals surface area contributed by atoms with Crippen LogP contribution in [0.3, 0.4) is 0 Å². The first kappa shape index (κ1) is 16.6. The topological polar surface area (TPSA) is 28.2 Å². The van der Waals surface area contributed by atoms with Gasteiger partial charge in [-0.15, -0.1) is 0 Å². The molecule has 3 heteroatoms. The number of anilines is 1. The predicted molar refractivity (Wildman–Crippen MR) is 112 cm³/mol. The van der Waals surface area contributed by atoms with Crippen molar-refractivity contribution in [1.82, 2.24) is 9.88 Å². The minimum atomic E-state index is 0.901. The molecule has 0 saturated heterocycles. The number of para-hydroxylation sites is 1. The van der Waals surface area contributed by atoms with Gasteiger partial charge < -0.3 is 10.2 Å². The average Bonchev–Trinajstić information content (AvgIpc) is 2.67. The van der Waals surface area contributed by atoms with Gasteiger partial charge in [0.2, 0.25) is 0 Å². The molecule has 0 bridgehead atoms. The number of likely N-dealkylation sites (N-methyl/N-ethyl adjacent to an activating group) is 1. The number of hydrogen-bond acceptors (Lipinski definition) is 3. The molecule has 3 nitrogen and oxygen atoms in total. The van der Waals surface area contributed by atoms with Crippen LogP contribution >= 0.6 is 0 Å². The van der Waals surface area contributed by atoms with Gasteiger partial charge in [-0.05, 0) is 43.1 Å². The van der Waals surface area contributed by atoms with Crippen LogP contribution in [0, 0.1) is 0 Å². The van der Waals surface area contributed by atoms with Crippen LogP contribution in [0.2, 0.25) is 0 Å². The summed E-state index contributed by atoms with van der Waals surface area (Å²) in [6, 6.07) is 25.5. The molecular formula is C23H23N3. The highest BCUT2D eigenvalue weighted by Gasteiger charge is 2.08. The minimum absolute atomic E-state index is 0.901. The van der Waals surface area contributed by atoms with E-state index in [-0.39, 0.29) is 0 Å². The first-order valence-electron chi connectivity index (χ1n) is 8.98. The molecule has 0 saturated carbocycles. The van der Waals surface area contributed by atoms with E-state index in [0.717, 1.165) is 40.9 Å². The Morgan fingerprint density at radius 1 is 0.846 bits per heavy atom. The van der Waals surface area contributed by atoms with Gasteiger partial charge in [-0.1, -0.05) is 54.6 Å². The Morgan fingerprint density at radius 2 is 1.62 bits per heavy atom. The maximum atomic E-state index is 4.91. The zero-order valence-corrected chi connectivity index (χ0v) is 15.2. The SMILES string of the molecule is CN(C)CCNc1cc(-c2ccc3ccccc3c2)nc2ccccc12. The molecular weight excluding hydrogens is 318 g/mol. The number of aromatic nitrogens is 1. The highest BCUT2D eigenvalue weighted by molar-refractivity contribution is 5.95. The van der Waals surface area contributed by atoms with Gasteiger partial charge in [-0.3, -0.25) is 0 Å². The van der Waals surface area contributed by atoms with Gasteiger partial charge in [-0.25, -0.2) is 4.98 Å². The largest absolute Gasteiger partial charge is 0.383 e. The lowest BCUT2D eigenvalue weighted by Crippen LogP contribution is -2.20. The fourth-order valence-corrected chi connectivity index (χ4v) is 3.23. The molecule has 0 atom stereocenters. The molecule has 1 aromatic heterocycles. The third kappa shape index (κ3) is 3.39. The van der Waals surface area contributed by atoms with E-state index in [2.05, 4.69) is 91.0 Å². The molecule has 0 aliphatic rings. The first-order chi connectivity index (χ1) is 12.7. The van der Waals surface area contributed by atoms with E-state index in [9.17, 15) is 0 Å². The van der Waals surface area contributed by atoms with Crippen LogP contribution in [-0.2, 0) is 0 Å². The second-order valence-electron chi connectivity index (χ2n) is 6.86. The van der Waals surface area contributed by atoms with Crippen LogP contribution in [0.25, 0.3) is 32.9 Å². The van der Waals surface area contributed by atoms with E-state index in [0.29, 0.717) is 0 Å². The highest BCUT2D eigenvalue weighted by atomic mass is 15.1. The molecule has 1 heterocycles. The lowest BCUT2D eigenvalue weighted by atomic mass is 10.0. The number of pyridine rings is 1. The third-order valence-corrected chi connectivity index (χ3v) is 4.64. The smallest absolute Gasteiger partial charge is 0.0730 e. The van der Waals surface area contributed by atoms with E-state index in [4.69, 9.17) is 4.98 Å². The molecule has 4 aromatic rings. The van der Waals surface area contributed by atoms with Crippen molar-refractivity contribution in [3.8, 4) is 11.3 Å². The molecule has 0 fully saturated rings. The molecule has 0 spiro atoms. The average molecular weight is 341 g/mol. The van der Waals surface area contributed by atoms with Gasteiger partial charge in [0.15, 0.2) is 0 Å². The molecule has 4 rings (SSSR count). The Balaban J connectivity index is 1.78. The fourth-order valence-electron chi connectivity index (χ4n) is 3.23. The van der Waals surface area contributed by atoms with Crippen LogP contribution in [0.5, 0.6) is 0 Å². The van der Waals surface area contributed by atoms with Gasteiger partial charge in [-0.2, -0.15) is 0 Å². The number of nitrogens with one attached hydrogen (secondary N) is 1. The summed E-state index contributed by atoms with van der Waals surface area (Å²) >= 11 is 0. The highest BCUT2D eigenvalue weighted by Crippen LogP contribution is 2.30. The lowest BCUT2D eigenvalue weighted by molar-refractivity contribution is 0.425. The van der Waals surface area contributed by atoms with Crippen molar-refractivity contribution < 1.29 is 0 Å². The number of benzene rings is 3. The van der Waals surface area contributed by atoms with E-state index in [1.54, 1.807) is 0 Å². The third-order valence-electron chi connectivity index (χ3n) is 4.64. The second kappa shape index (κ2) is 7.14. The molecule has 130 valence electrons. The number of rotatable bonds is 5. The molecule has 0 aliphatic heterocycles. The lowest BCUT2D eigenvalue weighted by Gasteiger charge is -2.14. The predicted octanol–water partition coefficient (Wildman–Crippen LogP) is 5.03. The van der Waals surface area contributed by atoms with Gasteiger partial charge >= 0.3 is 0 Å². The zero-order valence-electron chi connectivity index (χ0n) is 15.2. The summed E-state index contributed by atoms with van der Waals surface area (Å²) in [5.41, 5.74) is 4.30. The van der Waals surface area contributed by atoms with Gasteiger partial charge in [0, 0.05) is 29.7 Å². The standard InChI is InChI=1S/C23H23N3/c1-26(2)14-13-24-23-16-22(25-21-10-6-5-9-20(21)23)19-12-11-17-7-3-4-8-18(17)15-19/h3-12,15-16H,13-14H2,1-2H3,(H,24,25). The molecule has 0 radical (unpaired) electrons. The summed E-state index contributed by atoms with van der Waals surface area (Å²) in [4.78, 5) is 7.09. The van der Waals surface area contributed by atoms with Crippen LogP contribution in [-0.4, -0.2) is 37.1 Å². The summed E-state index contributed by atoms with van der Waals surface area (Å²) in [7, 11) is 4.18. The van der Waals surface area contributed by atoms with E-state index in [1.807, 2.05) is 6.07 Å². The van der Waals surface area contributed by atoms with Crippen LogP contribution in [0.1, 0.15) is 0 Å². The number of fused-ring (bicyclic) bond motifs is 2. The summed E-state index contributed by atoms with van der Waals surface area (Å²) < 4.78 is 0. The number of hydrogen-bond donors (Lipinski definition) is 1. The van der Waals surface area contributed by atoms with Crippen molar-refractivity contribution in [2.45, 2.75) is 0 Å². The maximum absolute atomic E-state index is 4.91. The van der Waals surface area contributed by atoms with Crippen molar-refractivity contribution in [2.24, 2.45) is 0 Å². The van der Waals surface area contributed by atoms with E-state index >= 15 is 0 Å². The van der Waals surface area contributed by atoms with E-state index < -0.39 is 0 Å². The summed E-state index contributed by atoms with van der Waals surface area (Å²) in [6.07, 6.45) is 0. The summed E-state index contributed by atoms with van der Waals surface area (Å²) in [5, 5.41) is 7.24. The van der Waals surface area contributed by atoms with Crippen LogP contribution in [0.4, 0.5) is 5.69 Å². The molecule has 26 heavy (non-hydrogen) atoms. The molecule has 0 amide bonds. The molecule has 3 aromatic carbocycles. The van der Waals surface area contributed by atoms with E-state index in [1.165, 1.54) is 10.8 Å². The number of nitrogens with zero attached hydrogens (tertiary/aromatic N) is 2. The Bertz CT molecular complexity index is 1050. The maximum Gasteiger partial charge on any atom is 0.0730 e. The monoisotopic (exact) mass is 341 g/mol. The minimum Gasteiger partial charge on any atom is -0.383 e. The van der Waals surface area contributed by atoms with Crippen molar-refractivity contribution in [3.05, 3.63) is 72.8 Å². The Labute approximate surface area is 154 Å². The zero-order chi connectivity index (χ0) is 17.9. The summed E-state index contributed by atoms with van der Waals surface area (Å²) in [5.74, 6) is 0. The van der Waals surface area contributed by atoms with Gasteiger partial charge in [0.1, 0.15) is 0 Å². The van der Waals surface area contributed by atoms with Crippen LogP contribution in [0.15, 0.2) is 72.8 Å². The summed E-state index contributed by atoms with van der Waals surface area (Å²) in [6.45, 7) is 1.89. The Morgan fingerprint density at radius 3 is 2.46 bits per heavy atom. The molecule has 0 unspecified atom stereocenters. The fraction of sp³-hybridized carbons (Fsp3) is 0.174. The Kier molecular flexibility index (Phi) is 4.55. The quantitative estimate of drug-likeness (QED) is 0.552. The first-order valence-corrected chi connectivity index (χ1v) is 8.98. The van der Waals surface area contributed by atoms with Gasteiger partial charge in [0.05, 0.1) is 11.2 Å². The van der Waals surface area contributed by atoms with Crippen molar-refractivity contribution in [2.75, 3.05) is 32.5 Å². The van der Waals surface area contributed by atoms with Crippen molar-refractivity contribution >= 4 is 27.4 Å². The second-order valence-corrected chi connectivity index (χ2v) is 6.86. The normalized spacial score (nSPS) is 11.3. The van der Waals surface area contributed by atoms with Crippen molar-refractivity contribution in [1.29, 1.82) is 0 Å². The van der Waals surface area contributed by atoms with Crippen LogP contribution < -0.4 is 5.32 Å². The molecule has 1 N–H and O–H groups in total.